The Kier molecular flexibility index (Phi) is 3.88. The highest BCUT2D eigenvalue weighted by Crippen LogP contribution is 2.48. The normalized spacial score (nSPS) is 34.7. The van der Waals surface area contributed by atoms with E-state index >= 15 is 0 Å². The first-order valence-corrected chi connectivity index (χ1v) is 9.11. The second kappa shape index (κ2) is 6.14. The summed E-state index contributed by atoms with van der Waals surface area (Å²) in [4.78, 5) is 12.5. The molecule has 4 aliphatic heterocycles. The number of fused-ring (bicyclic) bond motifs is 1. The minimum absolute atomic E-state index is 0.209. The molecule has 4 fully saturated rings. The highest BCUT2D eigenvalue weighted by molar-refractivity contribution is 9.10. The van der Waals surface area contributed by atoms with Crippen molar-refractivity contribution < 1.29 is 28.5 Å². The van der Waals surface area contributed by atoms with Crippen LogP contribution in [0.2, 0.25) is 0 Å². The number of carbonyl (C=O) groups excluding carboxylic acids is 1. The van der Waals surface area contributed by atoms with E-state index < -0.39 is 36.5 Å². The van der Waals surface area contributed by atoms with Gasteiger partial charge in [0.1, 0.15) is 6.10 Å². The largest absolute Gasteiger partial charge is 0.453 e. The van der Waals surface area contributed by atoms with Crippen LogP contribution in [0.25, 0.3) is 0 Å². The zero-order valence-electron chi connectivity index (χ0n) is 13.5. The Bertz CT molecular complexity index is 826. The first kappa shape index (κ1) is 16.4. The quantitative estimate of drug-likeness (QED) is 0.714. The van der Waals surface area contributed by atoms with Crippen LogP contribution in [-0.2, 0) is 29.7 Å². The molecule has 4 aliphatic rings. The molecule has 4 saturated heterocycles. The second-order valence-electron chi connectivity index (χ2n) is 6.35. The van der Waals surface area contributed by atoms with Crippen LogP contribution < -0.4 is 0 Å². The van der Waals surface area contributed by atoms with Crippen LogP contribution in [0.15, 0.2) is 59.1 Å². The fraction of sp³-hybridized carbons (Fsp3) is 0.316. The SMILES string of the molecule is O=C(O[C@@H]1[C@H]2O[C@@]3(c4ccccc4)OC[C@@H]1O[C@@H]2O3)c1ccc(Br)cc1. The summed E-state index contributed by atoms with van der Waals surface area (Å²) in [5, 5.41) is 0. The van der Waals surface area contributed by atoms with Crippen molar-refractivity contribution in [3.63, 3.8) is 0 Å². The van der Waals surface area contributed by atoms with Gasteiger partial charge in [-0.1, -0.05) is 46.3 Å². The van der Waals surface area contributed by atoms with Crippen molar-refractivity contribution in [1.82, 2.24) is 0 Å². The molecule has 4 heterocycles. The van der Waals surface area contributed by atoms with Gasteiger partial charge in [0.2, 0.25) is 0 Å². The summed E-state index contributed by atoms with van der Waals surface area (Å²) >= 11 is 3.35. The minimum atomic E-state index is -1.32. The molecule has 0 radical (unpaired) electrons. The van der Waals surface area contributed by atoms with Crippen molar-refractivity contribution >= 4 is 21.9 Å². The lowest BCUT2D eigenvalue weighted by molar-refractivity contribution is -0.349. The summed E-state index contributed by atoms with van der Waals surface area (Å²) in [5.41, 5.74) is 1.21. The average molecular weight is 419 g/mol. The Labute approximate surface area is 158 Å². The van der Waals surface area contributed by atoms with Gasteiger partial charge in [0.05, 0.1) is 12.2 Å². The van der Waals surface area contributed by atoms with Crippen molar-refractivity contribution in [2.24, 2.45) is 0 Å². The van der Waals surface area contributed by atoms with Gasteiger partial charge < -0.3 is 18.9 Å². The van der Waals surface area contributed by atoms with Crippen LogP contribution in [0, 0.1) is 0 Å². The van der Waals surface area contributed by atoms with Gasteiger partial charge >= 0.3 is 11.9 Å². The number of benzene rings is 2. The van der Waals surface area contributed by atoms with E-state index in [1.807, 2.05) is 30.3 Å². The molecule has 0 amide bonds. The van der Waals surface area contributed by atoms with Crippen LogP contribution in [0.1, 0.15) is 15.9 Å². The molecule has 6 rings (SSSR count). The fourth-order valence-corrected chi connectivity index (χ4v) is 3.71. The highest BCUT2D eigenvalue weighted by Gasteiger charge is 2.64. The summed E-state index contributed by atoms with van der Waals surface area (Å²) < 4.78 is 30.3. The Balaban J connectivity index is 1.39. The number of hydrogen-bond acceptors (Lipinski definition) is 6. The topological polar surface area (TPSA) is 63.2 Å². The lowest BCUT2D eigenvalue weighted by Gasteiger charge is -2.25. The Morgan fingerprint density at radius 2 is 1.85 bits per heavy atom. The van der Waals surface area contributed by atoms with Crippen molar-refractivity contribution in [1.29, 1.82) is 0 Å². The zero-order chi connectivity index (χ0) is 17.7. The standard InChI is InChI=1S/C19H15BrO6/c20-13-8-6-11(7-9-13)17(21)24-15-14-10-22-19(12-4-2-1-3-5-12)25-16(15)18(23-14)26-19/h1-9,14-16,18H,10H2/t14-,15-,16+,18+,19+/m0/s1. The number of hydrogen-bond donors (Lipinski definition) is 0. The van der Waals surface area contributed by atoms with Crippen molar-refractivity contribution in [2.45, 2.75) is 30.6 Å². The maximum Gasteiger partial charge on any atom is 0.338 e. The van der Waals surface area contributed by atoms with Gasteiger partial charge in [-0.3, -0.25) is 4.74 Å². The third kappa shape index (κ3) is 2.59. The lowest BCUT2D eigenvalue weighted by atomic mass is 10.1. The molecule has 7 heteroatoms. The first-order chi connectivity index (χ1) is 12.6. The molecule has 0 unspecified atom stereocenters. The minimum Gasteiger partial charge on any atom is -0.453 e. The molecule has 0 N–H and O–H groups in total. The molecule has 2 aromatic rings. The van der Waals surface area contributed by atoms with E-state index in [4.69, 9.17) is 23.7 Å². The Hall–Kier alpha value is -1.77. The van der Waals surface area contributed by atoms with Gasteiger partial charge in [-0.15, -0.1) is 0 Å². The van der Waals surface area contributed by atoms with E-state index in [1.165, 1.54) is 0 Å². The number of halogens is 1. The monoisotopic (exact) mass is 418 g/mol. The molecule has 2 aromatic carbocycles. The molecular formula is C19H15BrO6. The summed E-state index contributed by atoms with van der Waals surface area (Å²) in [5.74, 6) is -1.75. The second-order valence-corrected chi connectivity index (χ2v) is 7.27. The van der Waals surface area contributed by atoms with Gasteiger partial charge in [-0.25, -0.2) is 4.79 Å². The summed E-state index contributed by atoms with van der Waals surface area (Å²) in [6.07, 6.45) is -2.20. The molecule has 0 spiro atoms. The predicted molar refractivity (Wildman–Crippen MR) is 92.0 cm³/mol. The number of ether oxygens (including phenoxy) is 5. The first-order valence-electron chi connectivity index (χ1n) is 8.32. The van der Waals surface area contributed by atoms with E-state index in [9.17, 15) is 4.79 Å². The summed E-state index contributed by atoms with van der Waals surface area (Å²) in [6, 6.07) is 16.4. The van der Waals surface area contributed by atoms with Gasteiger partial charge in [0.25, 0.3) is 0 Å². The van der Waals surface area contributed by atoms with Gasteiger partial charge in [0.15, 0.2) is 18.5 Å². The Morgan fingerprint density at radius 3 is 2.62 bits per heavy atom. The zero-order valence-corrected chi connectivity index (χ0v) is 15.1. The maximum absolute atomic E-state index is 12.5. The van der Waals surface area contributed by atoms with Crippen molar-refractivity contribution in [3.8, 4) is 0 Å². The Morgan fingerprint density at radius 1 is 1.08 bits per heavy atom. The van der Waals surface area contributed by atoms with Crippen LogP contribution in [0.5, 0.6) is 0 Å². The molecule has 0 aliphatic carbocycles. The van der Waals surface area contributed by atoms with Crippen molar-refractivity contribution in [2.75, 3.05) is 6.61 Å². The third-order valence-corrected chi connectivity index (χ3v) is 5.25. The number of carbonyl (C=O) groups is 1. The van der Waals surface area contributed by atoms with E-state index in [2.05, 4.69) is 15.9 Å². The van der Waals surface area contributed by atoms with Gasteiger partial charge in [-0.05, 0) is 24.3 Å². The van der Waals surface area contributed by atoms with Crippen LogP contribution in [0.4, 0.5) is 0 Å². The van der Waals surface area contributed by atoms with E-state index in [-0.39, 0.29) is 6.61 Å². The fourth-order valence-electron chi connectivity index (χ4n) is 3.45. The van der Waals surface area contributed by atoms with Crippen LogP contribution >= 0.6 is 15.9 Å². The molecule has 4 bridgehead atoms. The van der Waals surface area contributed by atoms with Crippen LogP contribution in [0.3, 0.4) is 0 Å². The molecule has 134 valence electrons. The smallest absolute Gasteiger partial charge is 0.338 e. The molecule has 0 aromatic heterocycles. The van der Waals surface area contributed by atoms with E-state index in [1.54, 1.807) is 24.3 Å². The molecule has 0 saturated carbocycles. The number of rotatable bonds is 3. The molecular weight excluding hydrogens is 404 g/mol. The van der Waals surface area contributed by atoms with Crippen molar-refractivity contribution in [3.05, 3.63) is 70.2 Å². The van der Waals surface area contributed by atoms with E-state index in [0.717, 1.165) is 10.0 Å². The summed E-state index contributed by atoms with van der Waals surface area (Å²) in [6.45, 7) is 0.209. The highest BCUT2D eigenvalue weighted by atomic mass is 79.9. The number of esters is 1. The average Bonchev–Trinajstić information content (AvgIpc) is 3.02. The van der Waals surface area contributed by atoms with Gasteiger partial charge in [0, 0.05) is 10.0 Å². The lowest BCUT2D eigenvalue weighted by Crippen LogP contribution is -2.37. The van der Waals surface area contributed by atoms with Gasteiger partial charge in [-0.2, -0.15) is 0 Å². The maximum atomic E-state index is 12.5. The molecule has 26 heavy (non-hydrogen) atoms. The van der Waals surface area contributed by atoms with Crippen LogP contribution in [-0.4, -0.2) is 37.2 Å². The molecule has 5 atom stereocenters. The molecule has 6 nitrogen and oxygen atoms in total. The predicted octanol–water partition coefficient (Wildman–Crippen LogP) is 2.96. The summed E-state index contributed by atoms with van der Waals surface area (Å²) in [7, 11) is 0. The third-order valence-electron chi connectivity index (χ3n) is 4.72. The van der Waals surface area contributed by atoms with E-state index in [0.29, 0.717) is 5.56 Å².